The van der Waals surface area contributed by atoms with Crippen molar-refractivity contribution in [1.29, 1.82) is 0 Å². The van der Waals surface area contributed by atoms with E-state index >= 15 is 0 Å². The molecule has 34 heavy (non-hydrogen) atoms. The average Bonchev–Trinajstić information content (AvgIpc) is 3.49. The summed E-state index contributed by atoms with van der Waals surface area (Å²) in [6.07, 6.45) is 7.51. The Balaban J connectivity index is 1.43. The lowest BCUT2D eigenvalue weighted by Gasteiger charge is -2.28. The van der Waals surface area contributed by atoms with Crippen LogP contribution in [-0.4, -0.2) is 33.4 Å². The highest BCUT2D eigenvalue weighted by Gasteiger charge is 2.53. The Bertz CT molecular complexity index is 1450. The van der Waals surface area contributed by atoms with Gasteiger partial charge in [-0.1, -0.05) is 37.1 Å². The van der Waals surface area contributed by atoms with Gasteiger partial charge >= 0.3 is 0 Å². The van der Waals surface area contributed by atoms with Gasteiger partial charge in [0.05, 0.1) is 10.6 Å². The lowest BCUT2D eigenvalue weighted by molar-refractivity contribution is -0.118. The lowest BCUT2D eigenvalue weighted by atomic mass is 10.1. The summed E-state index contributed by atoms with van der Waals surface area (Å²) in [5, 5.41) is 2.88. The first-order valence-corrected chi connectivity index (χ1v) is 12.8. The predicted octanol–water partition coefficient (Wildman–Crippen LogP) is 4.74. The fourth-order valence-electron chi connectivity index (χ4n) is 4.71. The smallest absolute Gasteiger partial charge is 0.246 e. The molecular weight excluding hydrogens is 448 g/mol. The number of benzene rings is 2. The van der Waals surface area contributed by atoms with E-state index in [4.69, 9.17) is 0 Å². The van der Waals surface area contributed by atoms with Crippen molar-refractivity contribution in [2.24, 2.45) is 0 Å². The van der Waals surface area contributed by atoms with E-state index < -0.39 is 20.5 Å². The molecule has 0 bridgehead atoms. The fourth-order valence-corrected chi connectivity index (χ4v) is 7.08. The van der Waals surface area contributed by atoms with Gasteiger partial charge in [0, 0.05) is 29.8 Å². The van der Waals surface area contributed by atoms with Crippen molar-refractivity contribution < 1.29 is 13.2 Å². The summed E-state index contributed by atoms with van der Waals surface area (Å²) in [7, 11) is -3.87. The monoisotopic (exact) mass is 474 g/mol. The quantitative estimate of drug-likeness (QED) is 0.451. The number of carbonyl (C=O) groups is 1. The van der Waals surface area contributed by atoms with Gasteiger partial charge in [0.2, 0.25) is 11.7 Å². The maximum Gasteiger partial charge on any atom is 0.246 e. The summed E-state index contributed by atoms with van der Waals surface area (Å²) in [6.45, 7) is 3.64. The van der Waals surface area contributed by atoms with E-state index in [2.05, 4.69) is 15.3 Å². The molecule has 1 aliphatic rings. The molecule has 1 saturated carbocycles. The molecule has 1 fully saturated rings. The van der Waals surface area contributed by atoms with Gasteiger partial charge in [-0.2, -0.15) is 0 Å². The van der Waals surface area contributed by atoms with Crippen molar-refractivity contribution in [2.75, 3.05) is 5.32 Å². The number of nitrogens with zero attached hydrogens (tertiary/aromatic N) is 3. The van der Waals surface area contributed by atoms with Gasteiger partial charge in [0.25, 0.3) is 0 Å². The van der Waals surface area contributed by atoms with Crippen LogP contribution in [0.1, 0.15) is 36.8 Å². The number of nitrogens with one attached hydrogen (secondary N) is 1. The molecule has 0 unspecified atom stereocenters. The molecule has 1 aliphatic carbocycles. The number of aromatic nitrogens is 3. The molecule has 2 aromatic carbocycles. The van der Waals surface area contributed by atoms with Crippen LogP contribution in [0, 0.1) is 13.8 Å². The van der Waals surface area contributed by atoms with Crippen LogP contribution in [0.2, 0.25) is 0 Å². The zero-order valence-corrected chi connectivity index (χ0v) is 20.0. The Morgan fingerprint density at radius 2 is 1.79 bits per heavy atom. The first-order valence-electron chi connectivity index (χ1n) is 11.3. The van der Waals surface area contributed by atoms with Crippen LogP contribution in [0.4, 0.5) is 5.69 Å². The molecule has 1 amide bonds. The minimum atomic E-state index is -3.87. The number of imidazole rings is 1. The Morgan fingerprint density at radius 1 is 1.06 bits per heavy atom. The van der Waals surface area contributed by atoms with Crippen molar-refractivity contribution in [3.8, 4) is 11.3 Å². The number of carbonyl (C=O) groups excluding carboxylic acids is 1. The van der Waals surface area contributed by atoms with Crippen LogP contribution in [0.5, 0.6) is 0 Å². The average molecular weight is 475 g/mol. The van der Waals surface area contributed by atoms with Crippen molar-refractivity contribution in [2.45, 2.75) is 49.2 Å². The van der Waals surface area contributed by atoms with Crippen LogP contribution in [0.25, 0.3) is 17.0 Å². The largest absolute Gasteiger partial charge is 0.325 e. The summed E-state index contributed by atoms with van der Waals surface area (Å²) >= 11 is 0. The number of anilines is 1. The second-order valence-electron chi connectivity index (χ2n) is 8.96. The molecule has 0 aliphatic heterocycles. The van der Waals surface area contributed by atoms with Gasteiger partial charge in [0.1, 0.15) is 0 Å². The highest BCUT2D eigenvalue weighted by atomic mass is 32.2. The van der Waals surface area contributed by atoms with Gasteiger partial charge < -0.3 is 5.32 Å². The molecule has 8 heteroatoms. The lowest BCUT2D eigenvalue weighted by Crippen LogP contribution is -2.47. The Hall–Kier alpha value is -3.52. The van der Waals surface area contributed by atoms with E-state index in [1.807, 2.05) is 48.0 Å². The van der Waals surface area contributed by atoms with E-state index in [1.54, 1.807) is 37.4 Å². The molecule has 4 aromatic rings. The maximum atomic E-state index is 13.8. The summed E-state index contributed by atoms with van der Waals surface area (Å²) < 4.78 is 28.0. The van der Waals surface area contributed by atoms with Gasteiger partial charge in [-0.05, 0) is 62.1 Å². The summed E-state index contributed by atoms with van der Waals surface area (Å²) in [5.41, 5.74) is 3.72. The van der Waals surface area contributed by atoms with Crippen molar-refractivity contribution in [1.82, 2.24) is 14.4 Å². The molecule has 2 aromatic heterocycles. The van der Waals surface area contributed by atoms with Crippen LogP contribution in [0.3, 0.4) is 0 Å². The normalized spacial score (nSPS) is 15.5. The molecule has 0 saturated heterocycles. The number of aryl methyl sites for hydroxylation is 2. The highest BCUT2D eigenvalue weighted by Crippen LogP contribution is 2.42. The highest BCUT2D eigenvalue weighted by molar-refractivity contribution is 7.93. The fraction of sp³-hybridized carbons (Fsp3) is 0.269. The number of hydrogen-bond acceptors (Lipinski definition) is 5. The van der Waals surface area contributed by atoms with Gasteiger partial charge in [0.15, 0.2) is 14.6 Å². The topological polar surface area (TPSA) is 93.4 Å². The third kappa shape index (κ3) is 3.68. The van der Waals surface area contributed by atoms with Gasteiger partial charge in [-0.3, -0.25) is 9.20 Å². The zero-order chi connectivity index (χ0) is 23.9. The molecule has 5 rings (SSSR count). The molecule has 0 atom stereocenters. The number of amides is 1. The van der Waals surface area contributed by atoms with Crippen LogP contribution < -0.4 is 5.32 Å². The summed E-state index contributed by atoms with van der Waals surface area (Å²) in [6, 6.07) is 14.5. The molecule has 2 heterocycles. The molecule has 174 valence electrons. The van der Waals surface area contributed by atoms with E-state index in [9.17, 15) is 13.2 Å². The molecular formula is C26H26N4O3S. The second-order valence-corrected chi connectivity index (χ2v) is 11.2. The number of fused-ring (bicyclic) bond motifs is 1. The summed E-state index contributed by atoms with van der Waals surface area (Å²) in [5.74, 6) is 0.144. The van der Waals surface area contributed by atoms with Crippen molar-refractivity contribution in [3.63, 3.8) is 0 Å². The Labute approximate surface area is 198 Å². The van der Waals surface area contributed by atoms with Gasteiger partial charge in [-0.15, -0.1) is 0 Å². The number of hydrogen-bond donors (Lipinski definition) is 1. The van der Waals surface area contributed by atoms with Crippen LogP contribution in [0.15, 0.2) is 72.0 Å². The Kier molecular flexibility index (Phi) is 5.48. The van der Waals surface area contributed by atoms with E-state index in [0.717, 1.165) is 16.8 Å². The second kappa shape index (κ2) is 8.36. The minimum Gasteiger partial charge on any atom is -0.325 e. The minimum absolute atomic E-state index is 0.250. The third-order valence-electron chi connectivity index (χ3n) is 6.65. The Morgan fingerprint density at radius 3 is 2.50 bits per heavy atom. The summed E-state index contributed by atoms with van der Waals surface area (Å²) in [4.78, 5) is 22.5. The first kappa shape index (κ1) is 22.3. The molecule has 1 N–H and O–H groups in total. The molecule has 0 radical (unpaired) electrons. The number of rotatable bonds is 5. The number of sulfone groups is 1. The van der Waals surface area contributed by atoms with Crippen molar-refractivity contribution in [3.05, 3.63) is 78.2 Å². The first-order chi connectivity index (χ1) is 16.3. The standard InChI is InChI=1S/C26H26N4O3S/c1-18-6-7-19(2)23(16-18)34(32,33)26(12-3-4-13-26)24(31)28-21-10-8-20(9-11-21)22-17-30-15-5-14-27-25(30)29-22/h5-11,14-17H,3-4,12-13H2,1-2H3,(H,28,31). The maximum absolute atomic E-state index is 13.8. The SMILES string of the molecule is Cc1ccc(C)c(S(=O)(=O)C2(C(=O)Nc3ccc(-c4cn5cccnc5n4)cc3)CCCC2)c1. The van der Waals surface area contributed by atoms with Crippen molar-refractivity contribution >= 4 is 27.2 Å². The third-order valence-corrected chi connectivity index (χ3v) is 9.29. The molecule has 7 nitrogen and oxygen atoms in total. The van der Waals surface area contributed by atoms with E-state index in [0.29, 0.717) is 42.7 Å². The van der Waals surface area contributed by atoms with Crippen LogP contribution >= 0.6 is 0 Å². The van der Waals surface area contributed by atoms with Gasteiger partial charge in [-0.25, -0.2) is 18.4 Å². The predicted molar refractivity (Wildman–Crippen MR) is 131 cm³/mol. The zero-order valence-electron chi connectivity index (χ0n) is 19.2. The van der Waals surface area contributed by atoms with E-state index in [-0.39, 0.29) is 4.90 Å². The van der Waals surface area contributed by atoms with E-state index in [1.165, 1.54) is 0 Å². The molecule has 0 spiro atoms. The van der Waals surface area contributed by atoms with Crippen LogP contribution in [-0.2, 0) is 14.6 Å².